The van der Waals surface area contributed by atoms with Crippen molar-refractivity contribution in [2.24, 2.45) is 0 Å². The Morgan fingerprint density at radius 2 is 1.70 bits per heavy atom. The highest BCUT2D eigenvalue weighted by Crippen LogP contribution is 2.24. The number of carboxylic acids is 1. The molecule has 2 aromatic carbocycles. The maximum Gasteiger partial charge on any atom is 0.326 e. The largest absolute Gasteiger partial charge is 0.490 e. The second-order valence-electron chi connectivity index (χ2n) is 6.88. The van der Waals surface area contributed by atoms with E-state index in [1.807, 2.05) is 12.1 Å². The topological polar surface area (TPSA) is 87.7 Å². The number of ether oxygens (including phenoxy) is 1. The Bertz CT molecular complexity index is 851. The van der Waals surface area contributed by atoms with Gasteiger partial charge in [-0.3, -0.25) is 4.79 Å². The predicted octanol–water partition coefficient (Wildman–Crippen LogP) is 3.97. The van der Waals surface area contributed by atoms with Gasteiger partial charge in [-0.1, -0.05) is 41.4 Å². The monoisotopic (exact) mass is 472 g/mol. The van der Waals surface area contributed by atoms with Gasteiger partial charge in [0.25, 0.3) is 5.91 Å². The van der Waals surface area contributed by atoms with Gasteiger partial charge in [-0.15, -0.1) is 12.4 Å². The first-order valence-electron chi connectivity index (χ1n) is 9.38. The third-order valence-corrected chi connectivity index (χ3v) is 5.38. The fourth-order valence-corrected chi connectivity index (χ4v) is 3.76. The molecule has 0 saturated carbocycles. The summed E-state index contributed by atoms with van der Waals surface area (Å²) in [5.41, 5.74) is 0.827. The maximum absolute atomic E-state index is 12.5. The third kappa shape index (κ3) is 6.51. The van der Waals surface area contributed by atoms with Crippen molar-refractivity contribution in [1.29, 1.82) is 0 Å². The van der Waals surface area contributed by atoms with Gasteiger partial charge < -0.3 is 20.5 Å². The van der Waals surface area contributed by atoms with Crippen LogP contribution < -0.4 is 15.4 Å². The highest BCUT2D eigenvalue weighted by Gasteiger charge is 2.24. The Morgan fingerprint density at radius 1 is 1.10 bits per heavy atom. The molecule has 6 nitrogen and oxygen atoms in total. The van der Waals surface area contributed by atoms with Crippen LogP contribution >= 0.6 is 35.6 Å². The maximum atomic E-state index is 12.5. The van der Waals surface area contributed by atoms with Crippen LogP contribution in [-0.2, 0) is 11.2 Å². The molecule has 1 aliphatic rings. The first-order valence-corrected chi connectivity index (χ1v) is 10.1. The van der Waals surface area contributed by atoms with Crippen LogP contribution in [0, 0.1) is 0 Å². The summed E-state index contributed by atoms with van der Waals surface area (Å²) in [6.07, 6.45) is 2.23. The van der Waals surface area contributed by atoms with Gasteiger partial charge in [0, 0.05) is 6.42 Å². The van der Waals surface area contributed by atoms with Crippen molar-refractivity contribution < 1.29 is 19.4 Å². The molecule has 2 aromatic rings. The molecule has 1 fully saturated rings. The second-order valence-corrected chi connectivity index (χ2v) is 7.69. The number of carbonyl (C=O) groups excluding carboxylic acids is 1. The normalized spacial score (nSPS) is 15.0. The number of halogens is 3. The Labute approximate surface area is 191 Å². The average Bonchev–Trinajstić information content (AvgIpc) is 2.69. The minimum Gasteiger partial charge on any atom is -0.490 e. The van der Waals surface area contributed by atoms with Crippen molar-refractivity contribution in [3.63, 3.8) is 0 Å². The molecule has 0 aromatic heterocycles. The summed E-state index contributed by atoms with van der Waals surface area (Å²) in [6.45, 7) is 1.89. The second kappa shape index (κ2) is 11.4. The van der Waals surface area contributed by atoms with E-state index in [-0.39, 0.29) is 40.5 Å². The fourth-order valence-electron chi connectivity index (χ4n) is 3.19. The van der Waals surface area contributed by atoms with Crippen molar-refractivity contribution in [2.75, 3.05) is 13.1 Å². The number of carboxylic acid groups (broad SMARTS) is 1. The van der Waals surface area contributed by atoms with E-state index in [0.29, 0.717) is 0 Å². The predicted molar refractivity (Wildman–Crippen MR) is 119 cm³/mol. The van der Waals surface area contributed by atoms with E-state index < -0.39 is 17.9 Å². The summed E-state index contributed by atoms with van der Waals surface area (Å²) in [5.74, 6) is -1.02. The summed E-state index contributed by atoms with van der Waals surface area (Å²) in [6, 6.07) is 10.8. The first kappa shape index (κ1) is 24.3. The molecule has 1 saturated heterocycles. The average molecular weight is 474 g/mol. The minimum atomic E-state index is -1.14. The standard InChI is InChI=1S/C21H22Cl2N2O4.ClH/c22-16-2-1-3-17(23)19(16)20(26)25-18(21(27)28)12-13-4-6-14(7-5-13)29-15-8-10-24-11-9-15;/h1-7,15,18,24H,8-12H2,(H,25,26)(H,27,28);1H/t18-;/m0./s1. The lowest BCUT2D eigenvalue weighted by atomic mass is 10.0. The van der Waals surface area contributed by atoms with Gasteiger partial charge in [0.2, 0.25) is 0 Å². The summed E-state index contributed by atoms with van der Waals surface area (Å²) in [7, 11) is 0. The number of hydrogen-bond acceptors (Lipinski definition) is 4. The van der Waals surface area contributed by atoms with E-state index in [1.165, 1.54) is 12.1 Å². The lowest BCUT2D eigenvalue weighted by molar-refractivity contribution is -0.139. The van der Waals surface area contributed by atoms with Crippen LogP contribution in [0.25, 0.3) is 0 Å². The summed E-state index contributed by atoms with van der Waals surface area (Å²) in [4.78, 5) is 24.2. The molecule has 0 unspecified atom stereocenters. The minimum absolute atomic E-state index is 0. The van der Waals surface area contributed by atoms with Gasteiger partial charge in [0.15, 0.2) is 0 Å². The van der Waals surface area contributed by atoms with Crippen LogP contribution in [0.1, 0.15) is 28.8 Å². The van der Waals surface area contributed by atoms with E-state index in [2.05, 4.69) is 10.6 Å². The van der Waals surface area contributed by atoms with Gasteiger partial charge >= 0.3 is 5.97 Å². The van der Waals surface area contributed by atoms with Crippen molar-refractivity contribution in [3.8, 4) is 5.75 Å². The van der Waals surface area contributed by atoms with Crippen molar-refractivity contribution >= 4 is 47.5 Å². The van der Waals surface area contributed by atoms with Crippen molar-refractivity contribution in [3.05, 3.63) is 63.6 Å². The molecule has 0 spiro atoms. The Morgan fingerprint density at radius 3 is 2.27 bits per heavy atom. The molecule has 0 radical (unpaired) electrons. The van der Waals surface area contributed by atoms with Gasteiger partial charge in [0.1, 0.15) is 17.9 Å². The summed E-state index contributed by atoms with van der Waals surface area (Å²) < 4.78 is 5.96. The molecule has 1 aliphatic heterocycles. The molecule has 1 atom stereocenters. The van der Waals surface area contributed by atoms with E-state index in [4.69, 9.17) is 27.9 Å². The van der Waals surface area contributed by atoms with Crippen molar-refractivity contribution in [2.45, 2.75) is 31.4 Å². The highest BCUT2D eigenvalue weighted by molar-refractivity contribution is 6.39. The number of carbonyl (C=O) groups is 2. The third-order valence-electron chi connectivity index (χ3n) is 4.75. The Balaban J connectivity index is 0.00000320. The van der Waals surface area contributed by atoms with Crippen LogP contribution in [0.15, 0.2) is 42.5 Å². The van der Waals surface area contributed by atoms with Crippen molar-refractivity contribution in [1.82, 2.24) is 10.6 Å². The molecule has 30 heavy (non-hydrogen) atoms. The number of nitrogens with one attached hydrogen (secondary N) is 2. The highest BCUT2D eigenvalue weighted by atomic mass is 35.5. The zero-order chi connectivity index (χ0) is 20.8. The zero-order valence-corrected chi connectivity index (χ0v) is 18.4. The van der Waals surface area contributed by atoms with E-state index >= 15 is 0 Å². The number of piperidine rings is 1. The Hall–Kier alpha value is -1.99. The van der Waals surface area contributed by atoms with Crippen LogP contribution in [0.3, 0.4) is 0 Å². The van der Waals surface area contributed by atoms with Gasteiger partial charge in [-0.05, 0) is 55.8 Å². The lowest BCUT2D eigenvalue weighted by Gasteiger charge is -2.24. The van der Waals surface area contributed by atoms with Crippen LogP contribution in [0.5, 0.6) is 5.75 Å². The molecule has 3 N–H and O–H groups in total. The fraction of sp³-hybridized carbons (Fsp3) is 0.333. The van der Waals surface area contributed by atoms with Crippen LogP contribution in [0.2, 0.25) is 10.0 Å². The zero-order valence-electron chi connectivity index (χ0n) is 16.1. The number of amides is 1. The van der Waals surface area contributed by atoms with E-state index in [1.54, 1.807) is 18.2 Å². The van der Waals surface area contributed by atoms with E-state index in [0.717, 1.165) is 37.2 Å². The SMILES string of the molecule is Cl.O=C(N[C@@H](Cc1ccc(OC2CCNCC2)cc1)C(=O)O)c1c(Cl)cccc1Cl. The molecule has 162 valence electrons. The van der Waals surface area contributed by atoms with Gasteiger partial charge in [-0.2, -0.15) is 0 Å². The number of rotatable bonds is 7. The first-order chi connectivity index (χ1) is 13.9. The molecular formula is C21H23Cl3N2O4. The molecule has 1 amide bonds. The lowest BCUT2D eigenvalue weighted by Crippen LogP contribution is -2.42. The Kier molecular flexibility index (Phi) is 9.24. The quantitative estimate of drug-likeness (QED) is 0.566. The number of benzene rings is 2. The molecule has 3 rings (SSSR count). The van der Waals surface area contributed by atoms with Crippen LogP contribution in [-0.4, -0.2) is 42.2 Å². The molecule has 1 heterocycles. The summed E-state index contributed by atoms with van der Waals surface area (Å²) >= 11 is 12.1. The van der Waals surface area contributed by atoms with Crippen LogP contribution in [0.4, 0.5) is 0 Å². The number of hydrogen-bond donors (Lipinski definition) is 3. The molecule has 0 aliphatic carbocycles. The molecule has 0 bridgehead atoms. The molecule has 9 heteroatoms. The van der Waals surface area contributed by atoms with Gasteiger partial charge in [0.05, 0.1) is 15.6 Å². The summed E-state index contributed by atoms with van der Waals surface area (Å²) in [5, 5.41) is 15.6. The smallest absolute Gasteiger partial charge is 0.326 e. The van der Waals surface area contributed by atoms with Gasteiger partial charge in [-0.25, -0.2) is 4.79 Å². The van der Waals surface area contributed by atoms with E-state index in [9.17, 15) is 14.7 Å². The molecular weight excluding hydrogens is 451 g/mol. The number of aliphatic carboxylic acids is 1.